The van der Waals surface area contributed by atoms with Crippen LogP contribution in [0.4, 0.5) is 0 Å². The maximum Gasteiger partial charge on any atom is 0.231 e. The Labute approximate surface area is 106 Å². The van der Waals surface area contributed by atoms with Gasteiger partial charge < -0.3 is 19.9 Å². The van der Waals surface area contributed by atoms with E-state index >= 15 is 0 Å². The summed E-state index contributed by atoms with van der Waals surface area (Å²) in [5.74, 6) is 1.53. The van der Waals surface area contributed by atoms with Gasteiger partial charge in [0.15, 0.2) is 11.5 Å². The fourth-order valence-electron chi connectivity index (χ4n) is 3.54. The Balaban J connectivity index is 1.69. The maximum atomic E-state index is 10.9. The Kier molecular flexibility index (Phi) is 2.14. The van der Waals surface area contributed by atoms with Crippen molar-refractivity contribution in [3.63, 3.8) is 0 Å². The number of fused-ring (bicyclic) bond motifs is 3. The highest BCUT2D eigenvalue weighted by Crippen LogP contribution is 2.43. The standard InChI is InChI=1S/C14H17NO3/c16-14(6-10-2-3-11(7-14)15-10)9-1-4-12-13(5-9)18-8-17-12/h1,4-5,10-11,15-16H,2-3,6-8H2/t10-,11-/m1/s1. The fourth-order valence-corrected chi connectivity index (χ4v) is 3.54. The first-order valence-corrected chi connectivity index (χ1v) is 6.61. The SMILES string of the molecule is OC1(c2ccc3c(c2)OCO3)C[C@H]2CC[C@H](C1)N2. The molecule has 0 aromatic heterocycles. The average molecular weight is 247 g/mol. The molecule has 18 heavy (non-hydrogen) atoms. The molecule has 1 aromatic rings. The van der Waals surface area contributed by atoms with Crippen molar-refractivity contribution in [2.24, 2.45) is 0 Å². The molecule has 0 saturated carbocycles. The van der Waals surface area contributed by atoms with Crippen molar-refractivity contribution in [3.8, 4) is 11.5 Å². The third-order valence-corrected chi connectivity index (χ3v) is 4.41. The molecular formula is C14H17NO3. The highest BCUT2D eigenvalue weighted by Gasteiger charge is 2.43. The minimum atomic E-state index is -0.710. The zero-order valence-electron chi connectivity index (χ0n) is 10.2. The van der Waals surface area contributed by atoms with Gasteiger partial charge in [-0.3, -0.25) is 0 Å². The summed E-state index contributed by atoms with van der Waals surface area (Å²) < 4.78 is 10.7. The van der Waals surface area contributed by atoms with Gasteiger partial charge in [0.05, 0.1) is 5.60 Å². The lowest BCUT2D eigenvalue weighted by molar-refractivity contribution is -0.0116. The second-order valence-electron chi connectivity index (χ2n) is 5.65. The maximum absolute atomic E-state index is 10.9. The molecule has 2 N–H and O–H groups in total. The minimum Gasteiger partial charge on any atom is -0.454 e. The topological polar surface area (TPSA) is 50.7 Å². The fraction of sp³-hybridized carbons (Fsp3) is 0.571. The summed E-state index contributed by atoms with van der Waals surface area (Å²) in [5, 5.41) is 14.5. The molecule has 0 spiro atoms. The van der Waals surface area contributed by atoms with Crippen molar-refractivity contribution in [2.45, 2.75) is 43.4 Å². The molecule has 2 bridgehead atoms. The molecule has 0 radical (unpaired) electrons. The summed E-state index contributed by atoms with van der Waals surface area (Å²) in [6, 6.07) is 6.73. The molecule has 4 nitrogen and oxygen atoms in total. The van der Waals surface area contributed by atoms with Crippen LogP contribution in [0.5, 0.6) is 11.5 Å². The quantitative estimate of drug-likeness (QED) is 0.790. The number of hydrogen-bond donors (Lipinski definition) is 2. The van der Waals surface area contributed by atoms with Gasteiger partial charge in [0.25, 0.3) is 0 Å². The lowest BCUT2D eigenvalue weighted by Gasteiger charge is -2.37. The van der Waals surface area contributed by atoms with Gasteiger partial charge in [0.1, 0.15) is 0 Å². The largest absolute Gasteiger partial charge is 0.454 e. The number of hydrogen-bond acceptors (Lipinski definition) is 4. The van der Waals surface area contributed by atoms with E-state index in [-0.39, 0.29) is 6.79 Å². The molecule has 0 amide bonds. The monoisotopic (exact) mass is 247 g/mol. The van der Waals surface area contributed by atoms with Gasteiger partial charge in [-0.15, -0.1) is 0 Å². The van der Waals surface area contributed by atoms with Gasteiger partial charge in [-0.1, -0.05) is 6.07 Å². The molecule has 4 rings (SSSR count). The summed E-state index contributed by atoms with van der Waals surface area (Å²) in [6.45, 7) is 0.282. The molecule has 4 heteroatoms. The molecule has 96 valence electrons. The van der Waals surface area contributed by atoms with E-state index in [1.807, 2.05) is 18.2 Å². The van der Waals surface area contributed by atoms with E-state index < -0.39 is 5.60 Å². The number of piperidine rings is 1. The average Bonchev–Trinajstić information content (AvgIpc) is 2.95. The Hall–Kier alpha value is -1.26. The molecule has 3 heterocycles. The molecule has 2 fully saturated rings. The van der Waals surface area contributed by atoms with Crippen LogP contribution in [-0.4, -0.2) is 24.0 Å². The van der Waals surface area contributed by atoms with E-state index in [1.54, 1.807) is 0 Å². The Morgan fingerprint density at radius 2 is 1.83 bits per heavy atom. The van der Waals surface area contributed by atoms with E-state index in [1.165, 1.54) is 12.8 Å². The van der Waals surface area contributed by atoms with Crippen LogP contribution in [0.25, 0.3) is 0 Å². The van der Waals surface area contributed by atoms with Crippen LogP contribution in [0.3, 0.4) is 0 Å². The third-order valence-electron chi connectivity index (χ3n) is 4.41. The van der Waals surface area contributed by atoms with E-state index in [0.717, 1.165) is 29.9 Å². The van der Waals surface area contributed by atoms with Crippen LogP contribution < -0.4 is 14.8 Å². The van der Waals surface area contributed by atoms with Gasteiger partial charge >= 0.3 is 0 Å². The van der Waals surface area contributed by atoms with Crippen LogP contribution in [0.1, 0.15) is 31.2 Å². The molecule has 3 aliphatic rings. The van der Waals surface area contributed by atoms with Crippen LogP contribution in [0.15, 0.2) is 18.2 Å². The van der Waals surface area contributed by atoms with Gasteiger partial charge in [-0.25, -0.2) is 0 Å². The lowest BCUT2D eigenvalue weighted by Crippen LogP contribution is -2.46. The summed E-state index contributed by atoms with van der Waals surface area (Å²) in [4.78, 5) is 0. The molecule has 0 aliphatic carbocycles. The predicted octanol–water partition coefficient (Wildman–Crippen LogP) is 1.52. The number of rotatable bonds is 1. The zero-order chi connectivity index (χ0) is 12.2. The van der Waals surface area contributed by atoms with E-state index in [9.17, 15) is 5.11 Å². The molecule has 3 aliphatic heterocycles. The van der Waals surface area contributed by atoms with Crippen LogP contribution in [-0.2, 0) is 5.60 Å². The highest BCUT2D eigenvalue weighted by molar-refractivity contribution is 5.46. The van der Waals surface area contributed by atoms with Crippen molar-refractivity contribution >= 4 is 0 Å². The Bertz CT molecular complexity index is 476. The van der Waals surface area contributed by atoms with Crippen molar-refractivity contribution in [2.75, 3.05) is 6.79 Å². The molecular weight excluding hydrogens is 230 g/mol. The second kappa shape index (κ2) is 3.62. The predicted molar refractivity (Wildman–Crippen MR) is 65.6 cm³/mol. The number of nitrogens with one attached hydrogen (secondary N) is 1. The first kappa shape index (κ1) is 10.6. The number of aliphatic hydroxyl groups is 1. The van der Waals surface area contributed by atoms with Crippen molar-refractivity contribution < 1.29 is 14.6 Å². The molecule has 1 aromatic carbocycles. The van der Waals surface area contributed by atoms with Crippen molar-refractivity contribution in [3.05, 3.63) is 23.8 Å². The summed E-state index contributed by atoms with van der Waals surface area (Å²) >= 11 is 0. The second-order valence-corrected chi connectivity index (χ2v) is 5.65. The Morgan fingerprint density at radius 1 is 1.11 bits per heavy atom. The Morgan fingerprint density at radius 3 is 2.61 bits per heavy atom. The van der Waals surface area contributed by atoms with Crippen molar-refractivity contribution in [1.82, 2.24) is 5.32 Å². The minimum absolute atomic E-state index is 0.282. The van der Waals surface area contributed by atoms with Gasteiger partial charge in [-0.2, -0.15) is 0 Å². The molecule has 2 atom stereocenters. The number of benzene rings is 1. The van der Waals surface area contributed by atoms with Gasteiger partial charge in [-0.05, 0) is 43.4 Å². The summed E-state index contributed by atoms with van der Waals surface area (Å²) in [5.41, 5.74) is 0.253. The summed E-state index contributed by atoms with van der Waals surface area (Å²) in [7, 11) is 0. The van der Waals surface area contributed by atoms with E-state index in [4.69, 9.17) is 9.47 Å². The van der Waals surface area contributed by atoms with Crippen LogP contribution in [0.2, 0.25) is 0 Å². The number of ether oxygens (including phenoxy) is 2. The van der Waals surface area contributed by atoms with Gasteiger partial charge in [0.2, 0.25) is 6.79 Å². The zero-order valence-corrected chi connectivity index (χ0v) is 10.2. The molecule has 0 unspecified atom stereocenters. The van der Waals surface area contributed by atoms with E-state index in [0.29, 0.717) is 12.1 Å². The first-order chi connectivity index (χ1) is 8.73. The third kappa shape index (κ3) is 1.52. The highest BCUT2D eigenvalue weighted by atomic mass is 16.7. The van der Waals surface area contributed by atoms with Gasteiger partial charge in [0, 0.05) is 12.1 Å². The normalized spacial score (nSPS) is 36.9. The van der Waals surface area contributed by atoms with E-state index in [2.05, 4.69) is 5.32 Å². The first-order valence-electron chi connectivity index (χ1n) is 6.61. The van der Waals surface area contributed by atoms with Crippen LogP contribution in [0, 0.1) is 0 Å². The summed E-state index contributed by atoms with van der Waals surface area (Å²) in [6.07, 6.45) is 3.95. The van der Waals surface area contributed by atoms with Crippen molar-refractivity contribution in [1.29, 1.82) is 0 Å². The lowest BCUT2D eigenvalue weighted by atomic mass is 9.81. The van der Waals surface area contributed by atoms with Crippen LogP contribution >= 0.6 is 0 Å². The smallest absolute Gasteiger partial charge is 0.231 e. The molecule has 2 saturated heterocycles.